The molecule has 1 aromatic carbocycles. The van der Waals surface area contributed by atoms with Crippen molar-refractivity contribution in [1.82, 2.24) is 4.90 Å². The minimum atomic E-state index is -0.519. The van der Waals surface area contributed by atoms with E-state index in [1.807, 2.05) is 0 Å². The van der Waals surface area contributed by atoms with Crippen LogP contribution in [0.3, 0.4) is 0 Å². The molecule has 2 amide bonds. The molecule has 1 aliphatic rings. The summed E-state index contributed by atoms with van der Waals surface area (Å²) in [5.74, 6) is -0.512. The number of amides is 2. The third-order valence-corrected chi connectivity index (χ3v) is 4.33. The van der Waals surface area contributed by atoms with Crippen LogP contribution in [0.25, 0.3) is 0 Å². The third-order valence-electron chi connectivity index (χ3n) is 4.33. The fraction of sp³-hybridized carbons (Fsp3) is 0.500. The predicted molar refractivity (Wildman–Crippen MR) is 92.7 cm³/mol. The molecule has 8 heteroatoms. The molecular weight excluding hydrogens is 340 g/mol. The zero-order valence-electron chi connectivity index (χ0n) is 15.0. The molecule has 1 atom stereocenters. The van der Waals surface area contributed by atoms with Crippen molar-refractivity contribution >= 4 is 17.8 Å². The van der Waals surface area contributed by atoms with E-state index in [-0.39, 0.29) is 31.4 Å². The second-order valence-electron chi connectivity index (χ2n) is 6.11. The Hall–Kier alpha value is -2.77. The average molecular weight is 364 g/mol. The van der Waals surface area contributed by atoms with Gasteiger partial charge in [-0.25, -0.2) is 0 Å². The van der Waals surface area contributed by atoms with Crippen LogP contribution in [0.1, 0.15) is 18.4 Å². The third kappa shape index (κ3) is 5.11. The Morgan fingerprint density at radius 2 is 1.92 bits per heavy atom. The molecule has 26 heavy (non-hydrogen) atoms. The number of hydrogen-bond acceptors (Lipinski definition) is 6. The van der Waals surface area contributed by atoms with E-state index in [1.165, 1.54) is 19.1 Å². The Balaban J connectivity index is 1.84. The summed E-state index contributed by atoms with van der Waals surface area (Å²) in [6.45, 7) is 0.467. The Morgan fingerprint density at radius 1 is 1.19 bits per heavy atom. The number of nitrogens with two attached hydrogens (primary N) is 1. The van der Waals surface area contributed by atoms with Gasteiger partial charge in [0.05, 0.1) is 26.6 Å². The van der Waals surface area contributed by atoms with Gasteiger partial charge in [0.15, 0.2) is 18.1 Å². The van der Waals surface area contributed by atoms with Crippen molar-refractivity contribution in [2.75, 3.05) is 33.9 Å². The molecule has 0 aliphatic carbocycles. The highest BCUT2D eigenvalue weighted by molar-refractivity contribution is 5.83. The zero-order valence-corrected chi connectivity index (χ0v) is 15.0. The van der Waals surface area contributed by atoms with Gasteiger partial charge in [-0.2, -0.15) is 0 Å². The maximum absolute atomic E-state index is 12.2. The summed E-state index contributed by atoms with van der Waals surface area (Å²) in [5, 5.41) is 0. The number of primary amides is 1. The molecule has 142 valence electrons. The number of likely N-dealkylation sites (tertiary alicyclic amines) is 1. The number of methoxy groups -OCH3 is 2. The number of carbonyl (C=O) groups excluding carboxylic acids is 3. The lowest BCUT2D eigenvalue weighted by Gasteiger charge is -2.31. The normalized spacial score (nSPS) is 16.7. The fourth-order valence-corrected chi connectivity index (χ4v) is 2.88. The first-order valence-electron chi connectivity index (χ1n) is 8.38. The largest absolute Gasteiger partial charge is 0.493 e. The van der Waals surface area contributed by atoms with Gasteiger partial charge in [-0.1, -0.05) is 6.07 Å². The van der Waals surface area contributed by atoms with E-state index < -0.39 is 11.9 Å². The van der Waals surface area contributed by atoms with E-state index in [2.05, 4.69) is 0 Å². The zero-order chi connectivity index (χ0) is 19.1. The Bertz CT molecular complexity index is 676. The van der Waals surface area contributed by atoms with Crippen molar-refractivity contribution in [2.24, 2.45) is 11.7 Å². The van der Waals surface area contributed by atoms with Crippen molar-refractivity contribution < 1.29 is 28.6 Å². The van der Waals surface area contributed by atoms with Crippen LogP contribution in [0.4, 0.5) is 0 Å². The van der Waals surface area contributed by atoms with E-state index in [1.54, 1.807) is 18.2 Å². The maximum atomic E-state index is 12.2. The minimum absolute atomic E-state index is 0.0115. The first-order valence-corrected chi connectivity index (χ1v) is 8.38. The van der Waals surface area contributed by atoms with Crippen LogP contribution in [-0.4, -0.2) is 56.6 Å². The van der Waals surface area contributed by atoms with Crippen molar-refractivity contribution in [2.45, 2.75) is 19.3 Å². The number of carbonyl (C=O) groups is 3. The van der Waals surface area contributed by atoms with Gasteiger partial charge in [-0.15, -0.1) is 0 Å². The van der Waals surface area contributed by atoms with Crippen LogP contribution in [0, 0.1) is 5.92 Å². The summed E-state index contributed by atoms with van der Waals surface area (Å²) >= 11 is 0. The van der Waals surface area contributed by atoms with Crippen LogP contribution < -0.4 is 15.2 Å². The first kappa shape index (κ1) is 19.6. The van der Waals surface area contributed by atoms with E-state index in [0.717, 1.165) is 0 Å². The van der Waals surface area contributed by atoms with Gasteiger partial charge in [-0.05, 0) is 30.5 Å². The van der Waals surface area contributed by atoms with Crippen LogP contribution in [0.2, 0.25) is 0 Å². The lowest BCUT2D eigenvalue weighted by atomic mass is 9.97. The second-order valence-corrected chi connectivity index (χ2v) is 6.11. The topological polar surface area (TPSA) is 108 Å². The SMILES string of the molecule is COc1ccc(CC(=O)OCC(=O)N2CCC[C@@H](C(N)=O)C2)cc1OC. The number of esters is 1. The molecule has 0 bridgehead atoms. The van der Waals surface area contributed by atoms with Gasteiger partial charge in [0.25, 0.3) is 5.91 Å². The summed E-state index contributed by atoms with van der Waals surface area (Å²) in [6.07, 6.45) is 1.40. The molecule has 1 fully saturated rings. The molecule has 1 heterocycles. The summed E-state index contributed by atoms with van der Waals surface area (Å²) in [7, 11) is 3.04. The minimum Gasteiger partial charge on any atom is -0.493 e. The summed E-state index contributed by atoms with van der Waals surface area (Å²) in [6, 6.07) is 5.11. The summed E-state index contributed by atoms with van der Waals surface area (Å²) < 4.78 is 15.4. The van der Waals surface area contributed by atoms with Crippen molar-refractivity contribution in [3.05, 3.63) is 23.8 Å². The second kappa shape index (κ2) is 9.07. The van der Waals surface area contributed by atoms with Crippen LogP contribution in [0.15, 0.2) is 18.2 Å². The van der Waals surface area contributed by atoms with Gasteiger partial charge in [0.2, 0.25) is 5.91 Å². The highest BCUT2D eigenvalue weighted by atomic mass is 16.5. The molecule has 0 unspecified atom stereocenters. The monoisotopic (exact) mass is 364 g/mol. The van der Waals surface area contributed by atoms with Gasteiger partial charge >= 0.3 is 5.97 Å². The molecule has 1 aliphatic heterocycles. The molecule has 2 N–H and O–H groups in total. The number of nitrogens with zero attached hydrogens (tertiary/aromatic N) is 1. The molecule has 0 aromatic heterocycles. The maximum Gasteiger partial charge on any atom is 0.310 e. The van der Waals surface area contributed by atoms with Gasteiger partial charge in [0, 0.05) is 13.1 Å². The van der Waals surface area contributed by atoms with E-state index in [0.29, 0.717) is 36.4 Å². The Kier molecular flexibility index (Phi) is 6.82. The lowest BCUT2D eigenvalue weighted by molar-refractivity contribution is -0.152. The van der Waals surface area contributed by atoms with Crippen molar-refractivity contribution in [3.8, 4) is 11.5 Å². The lowest BCUT2D eigenvalue weighted by Crippen LogP contribution is -2.45. The number of piperidine rings is 1. The number of ether oxygens (including phenoxy) is 3. The summed E-state index contributed by atoms with van der Waals surface area (Å²) in [4.78, 5) is 36.9. The Labute approximate surface area is 152 Å². The van der Waals surface area contributed by atoms with Gasteiger partial charge in [-0.3, -0.25) is 14.4 Å². The van der Waals surface area contributed by atoms with E-state index >= 15 is 0 Å². The Morgan fingerprint density at radius 3 is 2.58 bits per heavy atom. The van der Waals surface area contributed by atoms with Gasteiger partial charge in [0.1, 0.15) is 0 Å². The molecule has 0 spiro atoms. The van der Waals surface area contributed by atoms with Gasteiger partial charge < -0.3 is 24.8 Å². The quantitative estimate of drug-likeness (QED) is 0.707. The highest BCUT2D eigenvalue weighted by Gasteiger charge is 2.27. The number of benzene rings is 1. The molecule has 0 saturated carbocycles. The van der Waals surface area contributed by atoms with Crippen LogP contribution in [0.5, 0.6) is 11.5 Å². The van der Waals surface area contributed by atoms with Crippen LogP contribution >= 0.6 is 0 Å². The first-order chi connectivity index (χ1) is 12.4. The number of rotatable bonds is 7. The standard InChI is InChI=1S/C18H24N2O6/c1-24-14-6-5-12(8-15(14)25-2)9-17(22)26-11-16(21)20-7-3-4-13(10-20)18(19)23/h5-6,8,13H,3-4,7,9-11H2,1-2H3,(H2,19,23)/t13-/m1/s1. The van der Waals surface area contributed by atoms with E-state index in [4.69, 9.17) is 19.9 Å². The van der Waals surface area contributed by atoms with Crippen molar-refractivity contribution in [1.29, 1.82) is 0 Å². The molecular formula is C18H24N2O6. The fourth-order valence-electron chi connectivity index (χ4n) is 2.88. The predicted octanol–water partition coefficient (Wildman–Crippen LogP) is 0.513. The van der Waals surface area contributed by atoms with E-state index in [9.17, 15) is 14.4 Å². The molecule has 0 radical (unpaired) electrons. The molecule has 1 saturated heterocycles. The molecule has 1 aromatic rings. The smallest absolute Gasteiger partial charge is 0.310 e. The highest BCUT2D eigenvalue weighted by Crippen LogP contribution is 2.27. The molecule has 2 rings (SSSR count). The van der Waals surface area contributed by atoms with Crippen molar-refractivity contribution in [3.63, 3.8) is 0 Å². The summed E-state index contributed by atoms with van der Waals surface area (Å²) in [5.41, 5.74) is 5.99. The average Bonchev–Trinajstić information content (AvgIpc) is 2.66. The number of hydrogen-bond donors (Lipinski definition) is 1. The van der Waals surface area contributed by atoms with Crippen LogP contribution in [-0.2, 0) is 25.5 Å². The molecule has 8 nitrogen and oxygen atoms in total.